The van der Waals surface area contributed by atoms with Crippen LogP contribution in [0.4, 0.5) is 0 Å². The number of carbonyl (C=O) groups is 1. The first-order valence-electron chi connectivity index (χ1n) is 8.32. The van der Waals surface area contributed by atoms with E-state index in [0.29, 0.717) is 19.6 Å². The Morgan fingerprint density at radius 3 is 2.88 bits per heavy atom. The molecule has 3 heterocycles. The molecule has 0 N–H and O–H groups in total. The third kappa shape index (κ3) is 2.84. The molecule has 0 bridgehead atoms. The molecule has 0 spiro atoms. The molecule has 1 aromatic carbocycles. The summed E-state index contributed by atoms with van der Waals surface area (Å²) >= 11 is 0. The molecule has 24 heavy (non-hydrogen) atoms. The van der Waals surface area contributed by atoms with E-state index >= 15 is 0 Å². The van der Waals surface area contributed by atoms with Crippen LogP contribution in [0.3, 0.4) is 0 Å². The molecule has 1 unspecified atom stereocenters. The number of rotatable bonds is 3. The van der Waals surface area contributed by atoms with Crippen LogP contribution in [0.2, 0.25) is 0 Å². The second-order valence-corrected chi connectivity index (χ2v) is 6.27. The minimum atomic E-state index is -0.00379. The van der Waals surface area contributed by atoms with Crippen molar-refractivity contribution < 1.29 is 18.8 Å². The average Bonchev–Trinajstić information content (AvgIpc) is 3.23. The highest BCUT2D eigenvalue weighted by Gasteiger charge is 2.32. The van der Waals surface area contributed by atoms with E-state index in [2.05, 4.69) is 5.16 Å². The molecule has 1 amide bonds. The number of aryl methyl sites for hydroxylation is 1. The lowest BCUT2D eigenvalue weighted by Gasteiger charge is -2.23. The van der Waals surface area contributed by atoms with E-state index in [9.17, 15) is 4.79 Å². The number of ether oxygens (including phenoxy) is 2. The standard InChI is InChI=1S/C18H20N2O4/c1-12-9-16(24-19-12)14-3-2-6-20(14)18(21)11-13-4-5-15-17(10-13)23-8-7-22-15/h4-5,9-10,14H,2-3,6-8,11H2,1H3. The van der Waals surface area contributed by atoms with Gasteiger partial charge in [0.15, 0.2) is 17.3 Å². The zero-order valence-electron chi connectivity index (χ0n) is 13.7. The van der Waals surface area contributed by atoms with Crippen molar-refractivity contribution in [2.75, 3.05) is 19.8 Å². The third-order valence-electron chi connectivity index (χ3n) is 4.51. The van der Waals surface area contributed by atoms with E-state index < -0.39 is 0 Å². The number of likely N-dealkylation sites (tertiary alicyclic amines) is 1. The van der Waals surface area contributed by atoms with Gasteiger partial charge in [0, 0.05) is 12.6 Å². The van der Waals surface area contributed by atoms with Gasteiger partial charge in [0.25, 0.3) is 0 Å². The van der Waals surface area contributed by atoms with Crippen LogP contribution in [0.25, 0.3) is 0 Å². The first kappa shape index (κ1) is 15.1. The van der Waals surface area contributed by atoms with Gasteiger partial charge in [-0.1, -0.05) is 11.2 Å². The van der Waals surface area contributed by atoms with Gasteiger partial charge in [-0.15, -0.1) is 0 Å². The van der Waals surface area contributed by atoms with Gasteiger partial charge in [0.2, 0.25) is 5.91 Å². The molecular weight excluding hydrogens is 308 g/mol. The van der Waals surface area contributed by atoms with Crippen LogP contribution in [0.15, 0.2) is 28.8 Å². The molecule has 126 valence electrons. The number of nitrogens with zero attached hydrogens (tertiary/aromatic N) is 2. The number of benzene rings is 1. The molecule has 2 aliphatic rings. The topological polar surface area (TPSA) is 64.8 Å². The van der Waals surface area contributed by atoms with Crippen LogP contribution in [-0.4, -0.2) is 35.7 Å². The molecule has 1 aromatic heterocycles. The summed E-state index contributed by atoms with van der Waals surface area (Å²) in [6.07, 6.45) is 2.25. The largest absolute Gasteiger partial charge is 0.486 e. The minimum Gasteiger partial charge on any atom is -0.486 e. The molecule has 1 atom stereocenters. The Kier molecular flexibility index (Phi) is 3.88. The summed E-state index contributed by atoms with van der Waals surface area (Å²) in [6.45, 7) is 3.76. The van der Waals surface area contributed by atoms with Crippen molar-refractivity contribution >= 4 is 5.91 Å². The van der Waals surface area contributed by atoms with Crippen LogP contribution >= 0.6 is 0 Å². The maximum Gasteiger partial charge on any atom is 0.227 e. The summed E-state index contributed by atoms with van der Waals surface area (Å²) in [7, 11) is 0. The van der Waals surface area contributed by atoms with Crippen molar-refractivity contribution in [2.45, 2.75) is 32.2 Å². The Morgan fingerprint density at radius 2 is 2.08 bits per heavy atom. The van der Waals surface area contributed by atoms with Crippen molar-refractivity contribution in [3.05, 3.63) is 41.3 Å². The van der Waals surface area contributed by atoms with Crippen molar-refractivity contribution in [1.29, 1.82) is 0 Å². The second kappa shape index (κ2) is 6.19. The van der Waals surface area contributed by atoms with Crippen molar-refractivity contribution in [2.24, 2.45) is 0 Å². The lowest BCUT2D eigenvalue weighted by Crippen LogP contribution is -2.31. The molecule has 4 rings (SSSR count). The van der Waals surface area contributed by atoms with Crippen LogP contribution in [-0.2, 0) is 11.2 Å². The summed E-state index contributed by atoms with van der Waals surface area (Å²) < 4.78 is 16.5. The maximum atomic E-state index is 12.8. The Balaban J connectivity index is 1.49. The molecule has 0 saturated carbocycles. The number of aromatic nitrogens is 1. The van der Waals surface area contributed by atoms with Crippen LogP contribution < -0.4 is 9.47 Å². The van der Waals surface area contributed by atoms with Crippen LogP contribution in [0.5, 0.6) is 11.5 Å². The monoisotopic (exact) mass is 328 g/mol. The third-order valence-corrected chi connectivity index (χ3v) is 4.51. The molecule has 2 aromatic rings. The smallest absolute Gasteiger partial charge is 0.227 e. The van der Waals surface area contributed by atoms with Gasteiger partial charge in [-0.25, -0.2) is 0 Å². The Labute approximate surface area is 140 Å². The summed E-state index contributed by atoms with van der Waals surface area (Å²) in [5, 5.41) is 3.94. The fraction of sp³-hybridized carbons (Fsp3) is 0.444. The van der Waals surface area contributed by atoms with Gasteiger partial charge in [0.05, 0.1) is 18.2 Å². The van der Waals surface area contributed by atoms with Gasteiger partial charge < -0.3 is 18.9 Å². The lowest BCUT2D eigenvalue weighted by atomic mass is 10.1. The average molecular weight is 328 g/mol. The molecule has 0 aliphatic carbocycles. The molecule has 1 saturated heterocycles. The van der Waals surface area contributed by atoms with E-state index in [1.54, 1.807) is 0 Å². The SMILES string of the molecule is Cc1cc(C2CCCN2C(=O)Cc2ccc3c(c2)OCCO3)on1. The van der Waals surface area contributed by atoms with Crippen molar-refractivity contribution in [3.8, 4) is 11.5 Å². The number of amides is 1. The minimum absolute atomic E-state index is 0.00379. The summed E-state index contributed by atoms with van der Waals surface area (Å²) in [6, 6.07) is 7.61. The summed E-state index contributed by atoms with van der Waals surface area (Å²) in [4.78, 5) is 14.7. The number of hydrogen-bond donors (Lipinski definition) is 0. The highest BCUT2D eigenvalue weighted by atomic mass is 16.6. The molecule has 1 fully saturated rings. The molecular formula is C18H20N2O4. The van der Waals surface area contributed by atoms with Crippen LogP contribution in [0.1, 0.15) is 35.9 Å². The fourth-order valence-electron chi connectivity index (χ4n) is 3.38. The zero-order valence-corrected chi connectivity index (χ0v) is 13.7. The van der Waals surface area contributed by atoms with E-state index in [1.807, 2.05) is 36.1 Å². The van der Waals surface area contributed by atoms with E-state index in [-0.39, 0.29) is 11.9 Å². The van der Waals surface area contributed by atoms with Crippen molar-refractivity contribution in [1.82, 2.24) is 10.1 Å². The van der Waals surface area contributed by atoms with Gasteiger partial charge >= 0.3 is 0 Å². The normalized spacial score (nSPS) is 19.5. The second-order valence-electron chi connectivity index (χ2n) is 6.27. The maximum absolute atomic E-state index is 12.8. The lowest BCUT2D eigenvalue weighted by molar-refractivity contribution is -0.131. The Morgan fingerprint density at radius 1 is 1.25 bits per heavy atom. The highest BCUT2D eigenvalue weighted by Crippen LogP contribution is 2.34. The van der Waals surface area contributed by atoms with Gasteiger partial charge in [-0.05, 0) is 37.5 Å². The summed E-state index contributed by atoms with van der Waals surface area (Å²) in [5.74, 6) is 2.34. The number of fused-ring (bicyclic) bond motifs is 1. The molecule has 6 heteroatoms. The first-order valence-corrected chi connectivity index (χ1v) is 8.32. The van der Waals surface area contributed by atoms with Crippen molar-refractivity contribution in [3.63, 3.8) is 0 Å². The van der Waals surface area contributed by atoms with E-state index in [1.165, 1.54) is 0 Å². The predicted octanol–water partition coefficient (Wildman–Crippen LogP) is 2.66. The van der Waals surface area contributed by atoms with Gasteiger partial charge in [-0.2, -0.15) is 0 Å². The first-order chi connectivity index (χ1) is 11.7. The zero-order chi connectivity index (χ0) is 16.5. The Bertz CT molecular complexity index is 755. The quantitative estimate of drug-likeness (QED) is 0.867. The number of carbonyl (C=O) groups excluding carboxylic acids is 1. The number of hydrogen-bond acceptors (Lipinski definition) is 5. The van der Waals surface area contributed by atoms with Gasteiger partial charge in [0.1, 0.15) is 13.2 Å². The van der Waals surface area contributed by atoms with E-state index in [4.69, 9.17) is 14.0 Å². The molecule has 6 nitrogen and oxygen atoms in total. The molecule has 2 aliphatic heterocycles. The molecule has 0 radical (unpaired) electrons. The van der Waals surface area contributed by atoms with Crippen LogP contribution in [0, 0.1) is 6.92 Å². The van der Waals surface area contributed by atoms with Gasteiger partial charge in [-0.3, -0.25) is 4.79 Å². The summed E-state index contributed by atoms with van der Waals surface area (Å²) in [5.41, 5.74) is 1.78. The fourth-order valence-corrected chi connectivity index (χ4v) is 3.38. The van der Waals surface area contributed by atoms with E-state index in [0.717, 1.165) is 47.9 Å². The highest BCUT2D eigenvalue weighted by molar-refractivity contribution is 5.79. The Hall–Kier alpha value is -2.50. The predicted molar refractivity (Wildman–Crippen MR) is 86.1 cm³/mol.